The summed E-state index contributed by atoms with van der Waals surface area (Å²) >= 11 is 4.78. The maximum Gasteiger partial charge on any atom is 0.280 e. The molecule has 172 valence electrons. The molecule has 0 radical (unpaired) electrons. The maximum absolute atomic E-state index is 13.2. The van der Waals surface area contributed by atoms with E-state index in [0.717, 1.165) is 34.6 Å². The Kier molecular flexibility index (Phi) is 6.63. The van der Waals surface area contributed by atoms with Crippen LogP contribution in [0.3, 0.4) is 0 Å². The van der Waals surface area contributed by atoms with Gasteiger partial charge in [-0.1, -0.05) is 15.9 Å². The second-order valence-electron chi connectivity index (χ2n) is 7.93. The second-order valence-corrected chi connectivity index (χ2v) is 9.88. The SMILES string of the molecule is CCOc1cncc(-c2cnc(C(=O)NC(CN3C[C@H]4C[C@@H]3CO4)c3cc(Br)ccn3)s2)n1. The first kappa shape index (κ1) is 22.3. The molecule has 2 fully saturated rings. The first-order valence-corrected chi connectivity index (χ1v) is 12.4. The number of nitrogens with zero attached hydrogens (tertiary/aromatic N) is 5. The third-order valence-electron chi connectivity index (χ3n) is 5.69. The molecule has 2 aliphatic heterocycles. The predicted octanol–water partition coefficient (Wildman–Crippen LogP) is 3.10. The molecule has 9 nitrogen and oxygen atoms in total. The number of amides is 1. The smallest absolute Gasteiger partial charge is 0.280 e. The Hall–Kier alpha value is -2.47. The molecule has 2 aliphatic rings. The molecule has 33 heavy (non-hydrogen) atoms. The number of nitrogens with one attached hydrogen (secondary N) is 1. The highest BCUT2D eigenvalue weighted by molar-refractivity contribution is 9.10. The van der Waals surface area contributed by atoms with E-state index in [4.69, 9.17) is 9.47 Å². The summed E-state index contributed by atoms with van der Waals surface area (Å²) in [5.41, 5.74) is 1.42. The molecule has 0 saturated carbocycles. The third-order valence-corrected chi connectivity index (χ3v) is 7.21. The summed E-state index contributed by atoms with van der Waals surface area (Å²) in [4.78, 5) is 33.7. The highest BCUT2D eigenvalue weighted by Gasteiger charge is 2.40. The van der Waals surface area contributed by atoms with Crippen LogP contribution in [0.1, 0.15) is 34.9 Å². The van der Waals surface area contributed by atoms with E-state index in [-0.39, 0.29) is 18.1 Å². The zero-order chi connectivity index (χ0) is 22.8. The van der Waals surface area contributed by atoms with Gasteiger partial charge in [-0.3, -0.25) is 19.7 Å². The number of morpholine rings is 1. The summed E-state index contributed by atoms with van der Waals surface area (Å²) in [7, 11) is 0. The normalized spacial score (nSPS) is 20.7. The lowest BCUT2D eigenvalue weighted by Gasteiger charge is -2.30. The fourth-order valence-electron chi connectivity index (χ4n) is 4.16. The Labute approximate surface area is 203 Å². The summed E-state index contributed by atoms with van der Waals surface area (Å²) in [5, 5.41) is 3.50. The quantitative estimate of drug-likeness (QED) is 0.473. The number of fused-ring (bicyclic) bond motifs is 2. The van der Waals surface area contributed by atoms with Crippen molar-refractivity contribution in [2.75, 3.05) is 26.3 Å². The molecule has 1 N–H and O–H groups in total. The van der Waals surface area contributed by atoms with E-state index in [9.17, 15) is 4.79 Å². The second kappa shape index (κ2) is 9.80. The average Bonchev–Trinajstić information content (AvgIpc) is 3.56. The molecule has 3 aromatic rings. The minimum Gasteiger partial charge on any atom is -0.477 e. The molecule has 1 amide bonds. The van der Waals surface area contributed by atoms with Gasteiger partial charge in [0, 0.05) is 36.0 Å². The lowest BCUT2D eigenvalue weighted by atomic mass is 10.1. The molecule has 5 heterocycles. The fourth-order valence-corrected chi connectivity index (χ4v) is 5.29. The van der Waals surface area contributed by atoms with Gasteiger partial charge in [-0.2, -0.15) is 0 Å². The summed E-state index contributed by atoms with van der Waals surface area (Å²) in [6, 6.07) is 3.93. The van der Waals surface area contributed by atoms with Crippen LogP contribution < -0.4 is 10.1 Å². The van der Waals surface area contributed by atoms with Gasteiger partial charge in [0.05, 0.1) is 48.3 Å². The largest absolute Gasteiger partial charge is 0.477 e. The Morgan fingerprint density at radius 1 is 1.39 bits per heavy atom. The van der Waals surface area contributed by atoms with Crippen molar-refractivity contribution in [3.8, 4) is 16.5 Å². The number of halogens is 1. The highest BCUT2D eigenvalue weighted by Crippen LogP contribution is 2.30. The lowest BCUT2D eigenvalue weighted by molar-refractivity contribution is 0.0265. The number of hydrogen-bond donors (Lipinski definition) is 1. The average molecular weight is 531 g/mol. The van der Waals surface area contributed by atoms with Crippen LogP contribution in [0.15, 0.2) is 41.4 Å². The van der Waals surface area contributed by atoms with E-state index in [1.807, 2.05) is 19.1 Å². The van der Waals surface area contributed by atoms with Crippen LogP contribution >= 0.6 is 27.3 Å². The molecule has 0 aliphatic carbocycles. The first-order valence-electron chi connectivity index (χ1n) is 10.8. The molecule has 0 aromatic carbocycles. The molecule has 0 spiro atoms. The van der Waals surface area contributed by atoms with Crippen LogP contribution in [0, 0.1) is 0 Å². The van der Waals surface area contributed by atoms with Crippen LogP contribution in [0.25, 0.3) is 10.6 Å². The number of carbonyl (C=O) groups excluding carboxylic acids is 1. The standard InChI is InChI=1S/C22H23BrN6O3S/c1-2-31-20-9-24-7-17(27-20)19-8-26-22(33-19)21(30)28-18(16-5-13(23)3-4-25-16)11-29-10-15-6-14(29)12-32-15/h3-5,7-9,14-15,18H,2,6,10-12H2,1H3,(H,28,30)/t14-,15-,18?/m1/s1. The van der Waals surface area contributed by atoms with Crippen LogP contribution in [0.4, 0.5) is 0 Å². The minimum atomic E-state index is -0.275. The number of rotatable bonds is 8. The Bertz CT molecular complexity index is 1140. The molecule has 5 rings (SSSR count). The molecule has 11 heteroatoms. The highest BCUT2D eigenvalue weighted by atomic mass is 79.9. The van der Waals surface area contributed by atoms with E-state index in [1.54, 1.807) is 24.8 Å². The first-order chi connectivity index (χ1) is 16.1. The fraction of sp³-hybridized carbons (Fsp3) is 0.409. The van der Waals surface area contributed by atoms with Crippen molar-refractivity contribution >= 4 is 33.2 Å². The summed E-state index contributed by atoms with van der Waals surface area (Å²) in [5.74, 6) is 0.201. The molecule has 2 saturated heterocycles. The zero-order valence-electron chi connectivity index (χ0n) is 18.0. The number of likely N-dealkylation sites (tertiary alicyclic amines) is 1. The van der Waals surface area contributed by atoms with Gasteiger partial charge in [-0.25, -0.2) is 9.97 Å². The topological polar surface area (TPSA) is 102 Å². The van der Waals surface area contributed by atoms with Crippen molar-refractivity contribution in [1.82, 2.24) is 30.2 Å². The number of carbonyl (C=O) groups is 1. The Morgan fingerprint density at radius 3 is 3.06 bits per heavy atom. The number of aromatic nitrogens is 4. The van der Waals surface area contributed by atoms with Gasteiger partial charge in [0.2, 0.25) is 5.88 Å². The van der Waals surface area contributed by atoms with Crippen LogP contribution in [0.5, 0.6) is 5.88 Å². The number of ether oxygens (including phenoxy) is 2. The van der Waals surface area contributed by atoms with Crippen molar-refractivity contribution in [1.29, 1.82) is 0 Å². The van der Waals surface area contributed by atoms with Gasteiger partial charge in [0.25, 0.3) is 5.91 Å². The zero-order valence-corrected chi connectivity index (χ0v) is 20.4. The van der Waals surface area contributed by atoms with E-state index < -0.39 is 0 Å². The van der Waals surface area contributed by atoms with E-state index >= 15 is 0 Å². The summed E-state index contributed by atoms with van der Waals surface area (Å²) in [6.07, 6.45) is 7.91. The molecule has 3 aromatic heterocycles. The van der Waals surface area contributed by atoms with Crippen LogP contribution in [-0.4, -0.2) is 69.2 Å². The molecule has 2 bridgehead atoms. The van der Waals surface area contributed by atoms with Crippen LogP contribution in [0.2, 0.25) is 0 Å². The van der Waals surface area contributed by atoms with Crippen molar-refractivity contribution in [2.24, 2.45) is 0 Å². The van der Waals surface area contributed by atoms with Crippen molar-refractivity contribution in [3.05, 3.63) is 52.1 Å². The van der Waals surface area contributed by atoms with E-state index in [1.165, 1.54) is 11.3 Å². The molecular formula is C22H23BrN6O3S. The molecular weight excluding hydrogens is 508 g/mol. The Morgan fingerprint density at radius 2 is 2.30 bits per heavy atom. The van der Waals surface area contributed by atoms with Crippen molar-refractivity contribution in [3.63, 3.8) is 0 Å². The van der Waals surface area contributed by atoms with E-state index in [0.29, 0.717) is 35.8 Å². The summed E-state index contributed by atoms with van der Waals surface area (Å²) in [6.45, 7) is 4.68. The van der Waals surface area contributed by atoms with Gasteiger partial charge >= 0.3 is 0 Å². The maximum atomic E-state index is 13.2. The number of pyridine rings is 1. The molecule has 3 atom stereocenters. The van der Waals surface area contributed by atoms with Gasteiger partial charge in [-0.15, -0.1) is 11.3 Å². The van der Waals surface area contributed by atoms with Crippen LogP contribution in [-0.2, 0) is 4.74 Å². The van der Waals surface area contributed by atoms with E-state index in [2.05, 4.69) is 46.1 Å². The van der Waals surface area contributed by atoms with Gasteiger partial charge < -0.3 is 14.8 Å². The Balaban J connectivity index is 1.34. The van der Waals surface area contributed by atoms with Crippen molar-refractivity contribution in [2.45, 2.75) is 31.5 Å². The minimum absolute atomic E-state index is 0.243. The number of hydrogen-bond acceptors (Lipinski definition) is 9. The summed E-state index contributed by atoms with van der Waals surface area (Å²) < 4.78 is 12.1. The third kappa shape index (κ3) is 5.06. The van der Waals surface area contributed by atoms with Gasteiger partial charge in [0.1, 0.15) is 5.69 Å². The molecule has 1 unspecified atom stereocenters. The monoisotopic (exact) mass is 530 g/mol. The number of thiazole rings is 1. The van der Waals surface area contributed by atoms with Gasteiger partial charge in [0.15, 0.2) is 5.01 Å². The predicted molar refractivity (Wildman–Crippen MR) is 126 cm³/mol. The lowest BCUT2D eigenvalue weighted by Crippen LogP contribution is -2.44. The van der Waals surface area contributed by atoms with Gasteiger partial charge in [-0.05, 0) is 25.5 Å². The van der Waals surface area contributed by atoms with Crippen molar-refractivity contribution < 1.29 is 14.3 Å².